The third-order valence-corrected chi connectivity index (χ3v) is 4.08. The number of carbonyl (C=O) groups excluding carboxylic acids is 1. The van der Waals surface area contributed by atoms with E-state index in [1.165, 1.54) is 6.20 Å². The Labute approximate surface area is 153 Å². The molecule has 0 aliphatic heterocycles. The van der Waals surface area contributed by atoms with Crippen LogP contribution in [0.25, 0.3) is 0 Å². The van der Waals surface area contributed by atoms with Gasteiger partial charge >= 0.3 is 0 Å². The highest BCUT2D eigenvalue weighted by molar-refractivity contribution is 6.30. The number of hydrogen-bond acceptors (Lipinski definition) is 3. The molecule has 2 N–H and O–H groups in total. The van der Waals surface area contributed by atoms with Crippen LogP contribution in [0.15, 0.2) is 42.1 Å². The summed E-state index contributed by atoms with van der Waals surface area (Å²) in [7, 11) is 0. The van der Waals surface area contributed by atoms with Crippen LogP contribution in [0.3, 0.4) is 0 Å². The summed E-state index contributed by atoms with van der Waals surface area (Å²) in [6.07, 6.45) is 1.41. The van der Waals surface area contributed by atoms with Crippen LogP contribution >= 0.6 is 11.6 Å². The predicted octanol–water partition coefficient (Wildman–Crippen LogP) is 5.03. The van der Waals surface area contributed by atoms with Gasteiger partial charge in [0.25, 0.3) is 5.91 Å². The van der Waals surface area contributed by atoms with E-state index in [4.69, 9.17) is 11.6 Å². The van der Waals surface area contributed by atoms with Crippen molar-refractivity contribution >= 4 is 28.9 Å². The molecule has 1 amide bonds. The average molecular weight is 354 g/mol. The standard InChI is InChI=1S/C20H20ClN3O/c1-12-7-14(3)19(15(4)8-12)24-20(25)16(10-22)11-23-18-6-5-17(21)9-13(18)2/h5-9,11,23H,1-4H3,(H,24,25)/b16-11-. The number of halogens is 1. The molecule has 4 nitrogen and oxygen atoms in total. The lowest BCUT2D eigenvalue weighted by atomic mass is 10.0. The van der Waals surface area contributed by atoms with Gasteiger partial charge in [0.1, 0.15) is 11.6 Å². The molecule has 0 radical (unpaired) electrons. The Morgan fingerprint density at radius 1 is 1.08 bits per heavy atom. The normalized spacial score (nSPS) is 11.0. The van der Waals surface area contributed by atoms with Crippen LogP contribution in [0.5, 0.6) is 0 Å². The number of amides is 1. The van der Waals surface area contributed by atoms with Crippen LogP contribution in [0.2, 0.25) is 5.02 Å². The van der Waals surface area contributed by atoms with Crippen molar-refractivity contribution in [3.63, 3.8) is 0 Å². The van der Waals surface area contributed by atoms with Crippen LogP contribution in [0, 0.1) is 39.0 Å². The van der Waals surface area contributed by atoms with E-state index in [9.17, 15) is 10.1 Å². The summed E-state index contributed by atoms with van der Waals surface area (Å²) in [5.41, 5.74) is 5.49. The van der Waals surface area contributed by atoms with Gasteiger partial charge in [-0.2, -0.15) is 5.26 Å². The van der Waals surface area contributed by atoms with E-state index in [0.717, 1.165) is 33.6 Å². The van der Waals surface area contributed by atoms with Crippen molar-refractivity contribution in [1.29, 1.82) is 5.26 Å². The Balaban J connectivity index is 2.20. The van der Waals surface area contributed by atoms with Crippen molar-refractivity contribution in [1.82, 2.24) is 0 Å². The Morgan fingerprint density at radius 3 is 2.28 bits per heavy atom. The molecule has 0 spiro atoms. The molecular weight excluding hydrogens is 334 g/mol. The lowest BCUT2D eigenvalue weighted by molar-refractivity contribution is -0.112. The summed E-state index contributed by atoms with van der Waals surface area (Å²) in [5, 5.41) is 15.8. The molecule has 0 atom stereocenters. The fraction of sp³-hybridized carbons (Fsp3) is 0.200. The molecule has 0 saturated heterocycles. The number of aryl methyl sites for hydroxylation is 4. The van der Waals surface area contributed by atoms with E-state index >= 15 is 0 Å². The molecule has 25 heavy (non-hydrogen) atoms. The van der Waals surface area contributed by atoms with Gasteiger partial charge in [0.2, 0.25) is 0 Å². The molecule has 0 heterocycles. The number of hydrogen-bond donors (Lipinski definition) is 2. The predicted molar refractivity (Wildman–Crippen MR) is 103 cm³/mol. The van der Waals surface area contributed by atoms with Crippen LogP contribution < -0.4 is 10.6 Å². The molecule has 0 aromatic heterocycles. The summed E-state index contributed by atoms with van der Waals surface area (Å²) >= 11 is 5.93. The number of nitrogens with zero attached hydrogens (tertiary/aromatic N) is 1. The van der Waals surface area contributed by atoms with Crippen molar-refractivity contribution in [3.05, 3.63) is 69.4 Å². The van der Waals surface area contributed by atoms with Crippen LogP contribution in [-0.4, -0.2) is 5.91 Å². The Hall–Kier alpha value is -2.77. The maximum Gasteiger partial charge on any atom is 0.267 e. The summed E-state index contributed by atoms with van der Waals surface area (Å²) in [6.45, 7) is 7.76. The summed E-state index contributed by atoms with van der Waals surface area (Å²) < 4.78 is 0. The Kier molecular flexibility index (Phi) is 5.84. The second-order valence-corrected chi connectivity index (χ2v) is 6.44. The first-order chi connectivity index (χ1) is 11.8. The third-order valence-electron chi connectivity index (χ3n) is 3.84. The van der Waals surface area contributed by atoms with E-state index in [1.807, 2.05) is 52.0 Å². The molecule has 0 aliphatic carbocycles. The van der Waals surface area contributed by atoms with Gasteiger partial charge in [-0.25, -0.2) is 0 Å². The van der Waals surface area contributed by atoms with Gasteiger partial charge in [0.05, 0.1) is 0 Å². The van der Waals surface area contributed by atoms with E-state index in [1.54, 1.807) is 12.1 Å². The maximum absolute atomic E-state index is 12.4. The van der Waals surface area contributed by atoms with Crippen molar-refractivity contribution < 1.29 is 4.79 Å². The van der Waals surface area contributed by atoms with Gasteiger partial charge in [-0.3, -0.25) is 4.79 Å². The average Bonchev–Trinajstić information content (AvgIpc) is 2.53. The van der Waals surface area contributed by atoms with E-state index in [-0.39, 0.29) is 5.57 Å². The smallest absolute Gasteiger partial charge is 0.267 e. The Morgan fingerprint density at radius 2 is 1.72 bits per heavy atom. The first-order valence-electron chi connectivity index (χ1n) is 7.84. The molecule has 2 aromatic rings. The van der Waals surface area contributed by atoms with Crippen LogP contribution in [-0.2, 0) is 4.79 Å². The monoisotopic (exact) mass is 353 g/mol. The summed E-state index contributed by atoms with van der Waals surface area (Å²) in [5.74, 6) is -0.448. The number of anilines is 2. The number of benzene rings is 2. The third kappa shape index (κ3) is 4.62. The molecule has 0 saturated carbocycles. The summed E-state index contributed by atoms with van der Waals surface area (Å²) in [6, 6.07) is 11.3. The zero-order valence-corrected chi connectivity index (χ0v) is 15.5. The molecule has 0 bridgehead atoms. The minimum absolute atomic E-state index is 0.00581. The molecule has 0 unspecified atom stereocenters. The minimum Gasteiger partial charge on any atom is -0.360 e. The lowest BCUT2D eigenvalue weighted by Gasteiger charge is -2.12. The van der Waals surface area contributed by atoms with Gasteiger partial charge in [-0.05, 0) is 62.6 Å². The van der Waals surface area contributed by atoms with E-state index in [0.29, 0.717) is 5.02 Å². The number of rotatable bonds is 4. The number of nitriles is 1. The van der Waals surface area contributed by atoms with Crippen LogP contribution in [0.4, 0.5) is 11.4 Å². The second-order valence-electron chi connectivity index (χ2n) is 6.00. The molecule has 2 aromatic carbocycles. The highest BCUT2D eigenvalue weighted by Gasteiger charge is 2.13. The second kappa shape index (κ2) is 7.87. The van der Waals surface area contributed by atoms with Gasteiger partial charge in [-0.15, -0.1) is 0 Å². The van der Waals surface area contributed by atoms with E-state index < -0.39 is 5.91 Å². The molecule has 2 rings (SSSR count). The van der Waals surface area contributed by atoms with Crippen molar-refractivity contribution in [2.24, 2.45) is 0 Å². The lowest BCUT2D eigenvalue weighted by Crippen LogP contribution is -2.16. The van der Waals surface area contributed by atoms with Gasteiger partial charge < -0.3 is 10.6 Å². The quantitative estimate of drug-likeness (QED) is 0.598. The fourth-order valence-electron chi connectivity index (χ4n) is 2.65. The van der Waals surface area contributed by atoms with Gasteiger partial charge in [0, 0.05) is 22.6 Å². The van der Waals surface area contributed by atoms with E-state index in [2.05, 4.69) is 10.6 Å². The first-order valence-corrected chi connectivity index (χ1v) is 8.21. The molecule has 0 fully saturated rings. The highest BCUT2D eigenvalue weighted by atomic mass is 35.5. The van der Waals surface area contributed by atoms with Crippen molar-refractivity contribution in [2.75, 3.05) is 10.6 Å². The topological polar surface area (TPSA) is 64.9 Å². The van der Waals surface area contributed by atoms with Crippen LogP contribution in [0.1, 0.15) is 22.3 Å². The largest absolute Gasteiger partial charge is 0.360 e. The van der Waals surface area contributed by atoms with Gasteiger partial charge in [0.15, 0.2) is 0 Å². The van der Waals surface area contributed by atoms with Gasteiger partial charge in [-0.1, -0.05) is 29.3 Å². The zero-order valence-electron chi connectivity index (χ0n) is 14.7. The summed E-state index contributed by atoms with van der Waals surface area (Å²) in [4.78, 5) is 12.4. The minimum atomic E-state index is -0.448. The zero-order chi connectivity index (χ0) is 18.6. The van der Waals surface area contributed by atoms with Crippen molar-refractivity contribution in [2.45, 2.75) is 27.7 Å². The number of nitrogens with one attached hydrogen (secondary N) is 2. The molecule has 5 heteroatoms. The fourth-order valence-corrected chi connectivity index (χ4v) is 2.87. The highest BCUT2D eigenvalue weighted by Crippen LogP contribution is 2.23. The number of carbonyl (C=O) groups is 1. The van der Waals surface area contributed by atoms with Crippen molar-refractivity contribution in [3.8, 4) is 6.07 Å². The molecule has 128 valence electrons. The Bertz CT molecular complexity index is 871. The molecular formula is C20H20ClN3O. The maximum atomic E-state index is 12.4. The molecule has 0 aliphatic rings. The first kappa shape index (κ1) is 18.6. The SMILES string of the molecule is Cc1cc(C)c(NC(=O)/C(C#N)=C\Nc2ccc(Cl)cc2C)c(C)c1.